The van der Waals surface area contributed by atoms with Gasteiger partial charge in [0.25, 0.3) is 0 Å². The summed E-state index contributed by atoms with van der Waals surface area (Å²) in [7, 11) is -3.91. The summed E-state index contributed by atoms with van der Waals surface area (Å²) in [6, 6.07) is 2.91. The van der Waals surface area contributed by atoms with Crippen LogP contribution in [0.5, 0.6) is 0 Å². The SMILES string of the molecule is Cc1cc(F)ccc1S(=O)(=O)NCC(=O)N[C@@H]1CCNC[C@H]1O.Cl. The molecule has 1 aromatic carbocycles. The lowest BCUT2D eigenvalue weighted by Crippen LogP contribution is -2.54. The van der Waals surface area contributed by atoms with Gasteiger partial charge < -0.3 is 15.7 Å². The standard InChI is InChI=1S/C14H20FN3O4S.ClH/c1-9-6-10(15)2-3-13(9)23(21,22)17-8-14(20)18-11-4-5-16-7-12(11)19;/h2-3,6,11-12,16-17,19H,4-5,7-8H2,1H3,(H,18,20);1H/t11-,12-;/m1./s1. The smallest absolute Gasteiger partial charge is 0.241 e. The quantitative estimate of drug-likeness (QED) is 0.559. The van der Waals surface area contributed by atoms with Gasteiger partial charge >= 0.3 is 0 Å². The molecular weight excluding hydrogens is 361 g/mol. The molecule has 0 saturated carbocycles. The van der Waals surface area contributed by atoms with Crippen molar-refractivity contribution < 1.29 is 22.7 Å². The number of rotatable bonds is 5. The molecule has 0 spiro atoms. The molecule has 0 bridgehead atoms. The number of hydrogen-bond donors (Lipinski definition) is 4. The van der Waals surface area contributed by atoms with Crippen LogP contribution in [-0.2, 0) is 14.8 Å². The number of nitrogens with one attached hydrogen (secondary N) is 3. The van der Waals surface area contributed by atoms with Gasteiger partial charge in [0, 0.05) is 6.54 Å². The first kappa shape index (κ1) is 20.8. The summed E-state index contributed by atoms with van der Waals surface area (Å²) in [6.07, 6.45) is -0.139. The van der Waals surface area contributed by atoms with E-state index in [1.165, 1.54) is 6.92 Å². The number of hydrogen-bond acceptors (Lipinski definition) is 5. The summed E-state index contributed by atoms with van der Waals surface area (Å²) in [4.78, 5) is 11.8. The highest BCUT2D eigenvalue weighted by molar-refractivity contribution is 7.89. The Kier molecular flexibility index (Phi) is 7.56. The van der Waals surface area contributed by atoms with Gasteiger partial charge in [0.05, 0.1) is 23.6 Å². The van der Waals surface area contributed by atoms with Crippen LogP contribution in [0.3, 0.4) is 0 Å². The third kappa shape index (κ3) is 5.38. The average Bonchev–Trinajstić information content (AvgIpc) is 2.47. The number of β-amino-alcohol motifs (C(OH)–C–C–N with tert-alkyl or cyclic N) is 1. The molecule has 1 heterocycles. The zero-order chi connectivity index (χ0) is 17.0. The van der Waals surface area contributed by atoms with Crippen LogP contribution in [0.15, 0.2) is 23.1 Å². The van der Waals surface area contributed by atoms with Gasteiger partial charge in [0.1, 0.15) is 5.82 Å². The Bertz CT molecular complexity index is 687. The zero-order valence-electron chi connectivity index (χ0n) is 13.1. The second kappa shape index (κ2) is 8.72. The van der Waals surface area contributed by atoms with E-state index in [0.717, 1.165) is 18.2 Å². The van der Waals surface area contributed by atoms with Crippen molar-refractivity contribution >= 4 is 28.3 Å². The molecule has 1 fully saturated rings. The van der Waals surface area contributed by atoms with Gasteiger partial charge in [-0.1, -0.05) is 0 Å². The van der Waals surface area contributed by atoms with Crippen LogP contribution in [0.4, 0.5) is 4.39 Å². The van der Waals surface area contributed by atoms with Crippen molar-refractivity contribution in [3.8, 4) is 0 Å². The van der Waals surface area contributed by atoms with E-state index in [1.54, 1.807) is 0 Å². The first-order chi connectivity index (χ1) is 10.8. The summed E-state index contributed by atoms with van der Waals surface area (Å²) in [6.45, 7) is 2.08. The molecule has 1 aliphatic heterocycles. The second-order valence-electron chi connectivity index (χ2n) is 5.47. The Morgan fingerprint density at radius 3 is 2.79 bits per heavy atom. The van der Waals surface area contributed by atoms with E-state index < -0.39 is 40.4 Å². The van der Waals surface area contributed by atoms with E-state index in [9.17, 15) is 22.7 Å². The summed E-state index contributed by atoms with van der Waals surface area (Å²) < 4.78 is 39.5. The average molecular weight is 382 g/mol. The Balaban J connectivity index is 0.00000288. The zero-order valence-corrected chi connectivity index (χ0v) is 14.7. The molecule has 2 rings (SSSR count). The van der Waals surface area contributed by atoms with Crippen LogP contribution >= 0.6 is 12.4 Å². The molecule has 4 N–H and O–H groups in total. The summed E-state index contributed by atoms with van der Waals surface area (Å²) in [5.74, 6) is -1.06. The predicted octanol–water partition coefficient (Wildman–Crippen LogP) is -0.327. The highest BCUT2D eigenvalue weighted by atomic mass is 35.5. The number of sulfonamides is 1. The van der Waals surface area contributed by atoms with Gasteiger partial charge in [-0.05, 0) is 43.7 Å². The lowest BCUT2D eigenvalue weighted by Gasteiger charge is -2.29. The van der Waals surface area contributed by atoms with Crippen molar-refractivity contribution in [3.63, 3.8) is 0 Å². The number of benzene rings is 1. The van der Waals surface area contributed by atoms with Crippen LogP contribution in [0, 0.1) is 12.7 Å². The van der Waals surface area contributed by atoms with Gasteiger partial charge in [-0.15, -0.1) is 12.4 Å². The fourth-order valence-corrected chi connectivity index (χ4v) is 3.63. The third-order valence-corrected chi connectivity index (χ3v) is 5.21. The van der Waals surface area contributed by atoms with Crippen molar-refractivity contribution in [1.82, 2.24) is 15.4 Å². The third-order valence-electron chi connectivity index (χ3n) is 3.65. The topological polar surface area (TPSA) is 108 Å². The van der Waals surface area contributed by atoms with Crippen LogP contribution in [-0.4, -0.2) is 51.2 Å². The largest absolute Gasteiger partial charge is 0.390 e. The molecule has 1 amide bonds. The number of amides is 1. The lowest BCUT2D eigenvalue weighted by molar-refractivity contribution is -0.121. The van der Waals surface area contributed by atoms with Gasteiger partial charge in [-0.25, -0.2) is 17.5 Å². The van der Waals surface area contributed by atoms with Crippen molar-refractivity contribution in [3.05, 3.63) is 29.6 Å². The van der Waals surface area contributed by atoms with Gasteiger partial charge in [-0.3, -0.25) is 4.79 Å². The van der Waals surface area contributed by atoms with Crippen molar-refractivity contribution in [1.29, 1.82) is 0 Å². The van der Waals surface area contributed by atoms with E-state index >= 15 is 0 Å². The lowest BCUT2D eigenvalue weighted by atomic mass is 10.0. The molecule has 0 aromatic heterocycles. The second-order valence-corrected chi connectivity index (χ2v) is 7.20. The Hall–Kier alpha value is -1.26. The first-order valence-electron chi connectivity index (χ1n) is 7.23. The van der Waals surface area contributed by atoms with E-state index in [2.05, 4.69) is 15.4 Å². The molecule has 24 heavy (non-hydrogen) atoms. The molecule has 0 aliphatic carbocycles. The van der Waals surface area contributed by atoms with E-state index in [-0.39, 0.29) is 22.9 Å². The van der Waals surface area contributed by atoms with E-state index in [4.69, 9.17) is 0 Å². The van der Waals surface area contributed by atoms with Gasteiger partial charge in [-0.2, -0.15) is 0 Å². The van der Waals surface area contributed by atoms with Crippen LogP contribution in [0.1, 0.15) is 12.0 Å². The number of aliphatic hydroxyl groups excluding tert-OH is 1. The summed E-state index contributed by atoms with van der Waals surface area (Å²) in [5.41, 5.74) is 0.256. The molecule has 1 aliphatic rings. The predicted molar refractivity (Wildman–Crippen MR) is 89.0 cm³/mol. The Labute approximate surface area is 146 Å². The minimum Gasteiger partial charge on any atom is -0.390 e. The molecule has 1 saturated heterocycles. The molecular formula is C14H21ClFN3O4S. The number of aliphatic hydroxyl groups is 1. The molecule has 136 valence electrons. The molecule has 0 radical (unpaired) electrons. The van der Waals surface area contributed by atoms with Gasteiger partial charge in [0.2, 0.25) is 15.9 Å². The highest BCUT2D eigenvalue weighted by Gasteiger charge is 2.25. The number of piperidine rings is 1. The number of carbonyl (C=O) groups excluding carboxylic acids is 1. The highest BCUT2D eigenvalue weighted by Crippen LogP contribution is 2.15. The Morgan fingerprint density at radius 2 is 2.17 bits per heavy atom. The van der Waals surface area contributed by atoms with Crippen molar-refractivity contribution in [2.75, 3.05) is 19.6 Å². The van der Waals surface area contributed by atoms with Crippen LogP contribution in [0.25, 0.3) is 0 Å². The fraction of sp³-hybridized carbons (Fsp3) is 0.500. The van der Waals surface area contributed by atoms with Crippen molar-refractivity contribution in [2.45, 2.75) is 30.4 Å². The Morgan fingerprint density at radius 1 is 1.46 bits per heavy atom. The number of carbonyl (C=O) groups is 1. The van der Waals surface area contributed by atoms with E-state index in [0.29, 0.717) is 19.5 Å². The van der Waals surface area contributed by atoms with Gasteiger partial charge in [0.15, 0.2) is 0 Å². The molecule has 0 unspecified atom stereocenters. The monoisotopic (exact) mass is 381 g/mol. The minimum atomic E-state index is -3.91. The molecule has 7 nitrogen and oxygen atoms in total. The van der Waals surface area contributed by atoms with Crippen molar-refractivity contribution in [2.24, 2.45) is 0 Å². The maximum absolute atomic E-state index is 13.0. The molecule has 10 heteroatoms. The summed E-state index contributed by atoms with van der Waals surface area (Å²) in [5, 5.41) is 15.3. The summed E-state index contributed by atoms with van der Waals surface area (Å²) >= 11 is 0. The first-order valence-corrected chi connectivity index (χ1v) is 8.72. The minimum absolute atomic E-state index is 0. The maximum Gasteiger partial charge on any atom is 0.241 e. The number of aryl methyl sites for hydroxylation is 1. The molecule has 2 atom stereocenters. The molecule has 1 aromatic rings. The van der Waals surface area contributed by atoms with Crippen LogP contribution in [0.2, 0.25) is 0 Å². The van der Waals surface area contributed by atoms with Crippen LogP contribution < -0.4 is 15.4 Å². The number of halogens is 2. The normalized spacial score (nSPS) is 21.0. The fourth-order valence-electron chi connectivity index (χ4n) is 2.42. The van der Waals surface area contributed by atoms with E-state index in [1.807, 2.05) is 0 Å². The maximum atomic E-state index is 13.0.